The fourth-order valence-electron chi connectivity index (χ4n) is 2.92. The van der Waals surface area contributed by atoms with Crippen LogP contribution in [0.25, 0.3) is 0 Å². The molecule has 6 nitrogen and oxygen atoms in total. The van der Waals surface area contributed by atoms with Crippen LogP contribution in [0.15, 0.2) is 40.9 Å². The molecular weight excluding hydrogens is 306 g/mol. The molecule has 1 saturated heterocycles. The highest BCUT2D eigenvalue weighted by Crippen LogP contribution is 2.14. The van der Waals surface area contributed by atoms with Crippen LogP contribution in [0.3, 0.4) is 0 Å². The lowest BCUT2D eigenvalue weighted by Gasteiger charge is -2.31. The molecule has 3 rings (SSSR count). The molecule has 0 bridgehead atoms. The number of hydrogen-bond acceptors (Lipinski definition) is 4. The minimum Gasteiger partial charge on any atom is -0.361 e. The van der Waals surface area contributed by atoms with Crippen molar-refractivity contribution in [2.45, 2.75) is 32.2 Å². The Balaban J connectivity index is 1.46. The molecule has 1 aliphatic rings. The standard InChI is InChI=1S/C18H21N3O3/c1-13-11-16(20-24-13)18(23)21-9-7-15(8-10-21)19-17(22)12-14-5-3-2-4-6-14/h2-6,11,15H,7-10,12H2,1H3,(H,19,22). The molecule has 0 spiro atoms. The number of carbonyl (C=O) groups is 2. The summed E-state index contributed by atoms with van der Waals surface area (Å²) in [5.74, 6) is 0.542. The molecule has 126 valence electrons. The summed E-state index contributed by atoms with van der Waals surface area (Å²) in [6, 6.07) is 11.4. The van der Waals surface area contributed by atoms with Gasteiger partial charge in [-0.05, 0) is 25.3 Å². The van der Waals surface area contributed by atoms with Crippen molar-refractivity contribution in [3.05, 3.63) is 53.4 Å². The highest BCUT2D eigenvalue weighted by atomic mass is 16.5. The van der Waals surface area contributed by atoms with Gasteiger partial charge in [0.15, 0.2) is 5.69 Å². The molecule has 0 radical (unpaired) electrons. The predicted molar refractivity (Wildman–Crippen MR) is 88.5 cm³/mol. The van der Waals surface area contributed by atoms with Crippen molar-refractivity contribution in [1.82, 2.24) is 15.4 Å². The number of nitrogens with one attached hydrogen (secondary N) is 1. The van der Waals surface area contributed by atoms with Gasteiger partial charge >= 0.3 is 0 Å². The molecule has 2 heterocycles. The zero-order valence-electron chi connectivity index (χ0n) is 13.7. The van der Waals surface area contributed by atoms with Crippen LogP contribution in [-0.2, 0) is 11.2 Å². The number of piperidine rings is 1. The van der Waals surface area contributed by atoms with Gasteiger partial charge < -0.3 is 14.7 Å². The second-order valence-corrected chi connectivity index (χ2v) is 6.12. The van der Waals surface area contributed by atoms with Crippen LogP contribution < -0.4 is 5.32 Å². The van der Waals surface area contributed by atoms with Gasteiger partial charge in [0, 0.05) is 25.2 Å². The Morgan fingerprint density at radius 1 is 1.25 bits per heavy atom. The Morgan fingerprint density at radius 2 is 1.96 bits per heavy atom. The van der Waals surface area contributed by atoms with Crippen LogP contribution in [0.4, 0.5) is 0 Å². The molecule has 1 aromatic carbocycles. The normalized spacial score (nSPS) is 15.3. The third-order valence-corrected chi connectivity index (χ3v) is 4.20. The molecule has 1 aliphatic heterocycles. The largest absolute Gasteiger partial charge is 0.361 e. The van der Waals surface area contributed by atoms with Gasteiger partial charge in [-0.25, -0.2) is 0 Å². The number of hydrogen-bond donors (Lipinski definition) is 1. The van der Waals surface area contributed by atoms with Crippen LogP contribution in [0, 0.1) is 6.92 Å². The molecule has 0 unspecified atom stereocenters. The Labute approximate surface area is 140 Å². The average molecular weight is 327 g/mol. The van der Waals surface area contributed by atoms with Crippen LogP contribution in [-0.4, -0.2) is 41.0 Å². The van der Waals surface area contributed by atoms with E-state index in [2.05, 4.69) is 10.5 Å². The fourth-order valence-corrected chi connectivity index (χ4v) is 2.92. The summed E-state index contributed by atoms with van der Waals surface area (Å²) in [5.41, 5.74) is 1.35. The van der Waals surface area contributed by atoms with E-state index in [4.69, 9.17) is 4.52 Å². The van der Waals surface area contributed by atoms with E-state index in [9.17, 15) is 9.59 Å². The van der Waals surface area contributed by atoms with Crippen molar-refractivity contribution in [1.29, 1.82) is 0 Å². The summed E-state index contributed by atoms with van der Waals surface area (Å²) in [6.45, 7) is 2.99. The van der Waals surface area contributed by atoms with E-state index >= 15 is 0 Å². The molecule has 24 heavy (non-hydrogen) atoms. The summed E-state index contributed by atoms with van der Waals surface area (Å²) in [6.07, 6.45) is 1.89. The van der Waals surface area contributed by atoms with Gasteiger partial charge in [-0.15, -0.1) is 0 Å². The quantitative estimate of drug-likeness (QED) is 0.931. The van der Waals surface area contributed by atoms with E-state index in [0.717, 1.165) is 18.4 Å². The smallest absolute Gasteiger partial charge is 0.276 e. The summed E-state index contributed by atoms with van der Waals surface area (Å²) in [7, 11) is 0. The SMILES string of the molecule is Cc1cc(C(=O)N2CCC(NC(=O)Cc3ccccc3)CC2)no1. The molecule has 2 amide bonds. The summed E-state index contributed by atoms with van der Waals surface area (Å²) >= 11 is 0. The molecule has 1 aromatic heterocycles. The summed E-state index contributed by atoms with van der Waals surface area (Å²) in [4.78, 5) is 26.2. The first-order valence-corrected chi connectivity index (χ1v) is 8.17. The first kappa shape index (κ1) is 16.2. The average Bonchev–Trinajstić information content (AvgIpc) is 3.02. The number of aryl methyl sites for hydroxylation is 1. The van der Waals surface area contributed by atoms with Crippen molar-refractivity contribution in [2.75, 3.05) is 13.1 Å². The first-order valence-electron chi connectivity index (χ1n) is 8.17. The minimum atomic E-state index is -0.110. The number of likely N-dealkylation sites (tertiary alicyclic amines) is 1. The molecule has 1 N–H and O–H groups in total. The Bertz CT molecular complexity index is 703. The maximum absolute atomic E-state index is 12.3. The predicted octanol–water partition coefficient (Wildman–Crippen LogP) is 1.95. The lowest BCUT2D eigenvalue weighted by molar-refractivity contribution is -0.121. The highest BCUT2D eigenvalue weighted by Gasteiger charge is 2.26. The molecule has 2 aromatic rings. The van der Waals surface area contributed by atoms with E-state index in [1.54, 1.807) is 17.9 Å². The number of nitrogens with zero attached hydrogens (tertiary/aromatic N) is 2. The highest BCUT2D eigenvalue weighted by molar-refractivity contribution is 5.92. The molecule has 0 atom stereocenters. The second kappa shape index (κ2) is 7.29. The van der Waals surface area contributed by atoms with Gasteiger partial charge in [0.05, 0.1) is 6.42 Å². The monoisotopic (exact) mass is 327 g/mol. The number of rotatable bonds is 4. The van der Waals surface area contributed by atoms with Gasteiger partial charge in [0.25, 0.3) is 5.91 Å². The number of amides is 2. The second-order valence-electron chi connectivity index (χ2n) is 6.12. The molecule has 0 saturated carbocycles. The van der Waals surface area contributed by atoms with Gasteiger partial charge in [0.1, 0.15) is 5.76 Å². The molecule has 1 fully saturated rings. The maximum atomic E-state index is 12.3. The van der Waals surface area contributed by atoms with Gasteiger partial charge in [0.2, 0.25) is 5.91 Å². The third-order valence-electron chi connectivity index (χ3n) is 4.20. The molecule has 6 heteroatoms. The van der Waals surface area contributed by atoms with E-state index in [0.29, 0.717) is 31.0 Å². The van der Waals surface area contributed by atoms with E-state index < -0.39 is 0 Å². The topological polar surface area (TPSA) is 75.4 Å². The van der Waals surface area contributed by atoms with Crippen molar-refractivity contribution < 1.29 is 14.1 Å². The Morgan fingerprint density at radius 3 is 2.58 bits per heavy atom. The van der Waals surface area contributed by atoms with Crippen LogP contribution in [0.1, 0.15) is 34.7 Å². The van der Waals surface area contributed by atoms with E-state index in [-0.39, 0.29) is 17.9 Å². The Hall–Kier alpha value is -2.63. The Kier molecular flexibility index (Phi) is 4.93. The fraction of sp³-hybridized carbons (Fsp3) is 0.389. The van der Waals surface area contributed by atoms with E-state index in [1.807, 2.05) is 30.3 Å². The van der Waals surface area contributed by atoms with Crippen LogP contribution in [0.2, 0.25) is 0 Å². The van der Waals surface area contributed by atoms with Gasteiger partial charge in [-0.1, -0.05) is 35.5 Å². The maximum Gasteiger partial charge on any atom is 0.276 e. The zero-order valence-corrected chi connectivity index (χ0v) is 13.7. The minimum absolute atomic E-state index is 0.0260. The van der Waals surface area contributed by atoms with Crippen LogP contribution >= 0.6 is 0 Å². The third kappa shape index (κ3) is 4.01. The molecular formula is C18H21N3O3. The lowest BCUT2D eigenvalue weighted by Crippen LogP contribution is -2.47. The van der Waals surface area contributed by atoms with Gasteiger partial charge in [-0.3, -0.25) is 9.59 Å². The van der Waals surface area contributed by atoms with Gasteiger partial charge in [-0.2, -0.15) is 0 Å². The number of carbonyl (C=O) groups excluding carboxylic acids is 2. The zero-order chi connectivity index (χ0) is 16.9. The van der Waals surface area contributed by atoms with Crippen molar-refractivity contribution in [2.24, 2.45) is 0 Å². The number of aromatic nitrogens is 1. The van der Waals surface area contributed by atoms with Crippen molar-refractivity contribution >= 4 is 11.8 Å². The van der Waals surface area contributed by atoms with Crippen molar-refractivity contribution in [3.63, 3.8) is 0 Å². The summed E-state index contributed by atoms with van der Waals surface area (Å²) in [5, 5.41) is 6.83. The first-order chi connectivity index (χ1) is 11.6. The van der Waals surface area contributed by atoms with E-state index in [1.165, 1.54) is 0 Å². The van der Waals surface area contributed by atoms with Crippen molar-refractivity contribution in [3.8, 4) is 0 Å². The van der Waals surface area contributed by atoms with Crippen LogP contribution in [0.5, 0.6) is 0 Å². The molecule has 0 aliphatic carbocycles. The lowest BCUT2D eigenvalue weighted by atomic mass is 10.0. The summed E-state index contributed by atoms with van der Waals surface area (Å²) < 4.78 is 4.95. The number of benzene rings is 1.